The van der Waals surface area contributed by atoms with Crippen molar-refractivity contribution in [1.29, 1.82) is 0 Å². The zero-order valence-corrected chi connectivity index (χ0v) is 17.5. The lowest BCUT2D eigenvalue weighted by molar-refractivity contribution is 0.405. The predicted octanol–water partition coefficient (Wildman–Crippen LogP) is 3.68. The second kappa shape index (κ2) is 9.25. The van der Waals surface area contributed by atoms with Gasteiger partial charge in [0.15, 0.2) is 0 Å². The maximum Gasteiger partial charge on any atom is 0.0730 e. The van der Waals surface area contributed by atoms with Gasteiger partial charge in [0.1, 0.15) is 0 Å². The van der Waals surface area contributed by atoms with Crippen LogP contribution in [0.1, 0.15) is 6.42 Å². The molecule has 0 unspecified atom stereocenters. The Kier molecular flexibility index (Phi) is 6.27. The molecule has 0 amide bonds. The van der Waals surface area contributed by atoms with Crippen LogP contribution in [-0.4, -0.2) is 63.2 Å². The van der Waals surface area contributed by atoms with E-state index in [1.54, 1.807) is 0 Å². The summed E-state index contributed by atoms with van der Waals surface area (Å²) < 4.78 is 0. The number of benzene rings is 2. The molecular formula is C24H31N5. The monoisotopic (exact) mass is 389 g/mol. The van der Waals surface area contributed by atoms with Gasteiger partial charge in [-0.15, -0.1) is 0 Å². The second-order valence-electron chi connectivity index (χ2n) is 7.94. The van der Waals surface area contributed by atoms with Gasteiger partial charge in [-0.1, -0.05) is 30.3 Å². The van der Waals surface area contributed by atoms with Crippen molar-refractivity contribution in [3.8, 4) is 11.3 Å². The topological polar surface area (TPSA) is 43.4 Å². The number of fused-ring (bicyclic) bond motifs is 1. The number of para-hydroxylation sites is 1. The van der Waals surface area contributed by atoms with Gasteiger partial charge in [-0.25, -0.2) is 4.98 Å². The van der Waals surface area contributed by atoms with Crippen LogP contribution in [-0.2, 0) is 0 Å². The van der Waals surface area contributed by atoms with E-state index < -0.39 is 0 Å². The molecule has 2 heterocycles. The van der Waals surface area contributed by atoms with Crippen LogP contribution in [0.4, 0.5) is 11.4 Å². The SMILES string of the molecule is CN(C)CCCNc1cc(-c2ccc(N3CCNCC3)cc2)nc2ccccc12. The standard InChI is InChI=1S/C24H31N5/c1-28(2)15-5-12-26-24-18-23(27-22-7-4-3-6-21(22)24)19-8-10-20(11-9-19)29-16-13-25-14-17-29/h3-4,6-11,18,25H,5,12-17H2,1-2H3,(H,26,27). The molecule has 4 rings (SSSR count). The van der Waals surface area contributed by atoms with E-state index in [1.165, 1.54) is 11.1 Å². The third kappa shape index (κ3) is 4.86. The minimum absolute atomic E-state index is 0.952. The van der Waals surface area contributed by atoms with Crippen molar-refractivity contribution in [2.24, 2.45) is 0 Å². The van der Waals surface area contributed by atoms with Crippen LogP contribution >= 0.6 is 0 Å². The fourth-order valence-electron chi connectivity index (χ4n) is 3.85. The van der Waals surface area contributed by atoms with E-state index in [0.29, 0.717) is 0 Å². The van der Waals surface area contributed by atoms with Gasteiger partial charge in [0.05, 0.1) is 11.2 Å². The van der Waals surface area contributed by atoms with Gasteiger partial charge in [0.2, 0.25) is 0 Å². The number of rotatable bonds is 7. The Hall–Kier alpha value is -2.63. The first-order valence-corrected chi connectivity index (χ1v) is 10.6. The Labute approximate surface area is 173 Å². The molecule has 1 aliphatic heterocycles. The highest BCUT2D eigenvalue weighted by Crippen LogP contribution is 2.29. The molecule has 3 aromatic rings. The van der Waals surface area contributed by atoms with Crippen molar-refractivity contribution < 1.29 is 0 Å². The summed E-state index contributed by atoms with van der Waals surface area (Å²) in [5.74, 6) is 0. The third-order valence-corrected chi connectivity index (χ3v) is 5.46. The first-order valence-electron chi connectivity index (χ1n) is 10.6. The predicted molar refractivity (Wildman–Crippen MR) is 124 cm³/mol. The molecule has 5 nitrogen and oxygen atoms in total. The van der Waals surface area contributed by atoms with Gasteiger partial charge >= 0.3 is 0 Å². The minimum Gasteiger partial charge on any atom is -0.384 e. The number of piperazine rings is 1. The fourth-order valence-corrected chi connectivity index (χ4v) is 3.85. The molecule has 0 atom stereocenters. The highest BCUT2D eigenvalue weighted by molar-refractivity contribution is 5.93. The molecular weight excluding hydrogens is 358 g/mol. The molecule has 1 aromatic heterocycles. The van der Waals surface area contributed by atoms with Crippen molar-refractivity contribution in [3.05, 3.63) is 54.6 Å². The number of pyridine rings is 1. The summed E-state index contributed by atoms with van der Waals surface area (Å²) in [6.07, 6.45) is 1.11. The summed E-state index contributed by atoms with van der Waals surface area (Å²) in [4.78, 5) is 9.59. The highest BCUT2D eigenvalue weighted by Gasteiger charge is 2.11. The number of hydrogen-bond donors (Lipinski definition) is 2. The Morgan fingerprint density at radius 3 is 2.55 bits per heavy atom. The highest BCUT2D eigenvalue weighted by atomic mass is 15.2. The quantitative estimate of drug-likeness (QED) is 0.604. The molecule has 0 spiro atoms. The van der Waals surface area contributed by atoms with Crippen molar-refractivity contribution in [1.82, 2.24) is 15.2 Å². The molecule has 0 bridgehead atoms. The van der Waals surface area contributed by atoms with Crippen LogP contribution < -0.4 is 15.5 Å². The molecule has 2 N–H and O–H groups in total. The first kappa shape index (κ1) is 19.7. The van der Waals surface area contributed by atoms with Gasteiger partial charge in [0, 0.05) is 55.0 Å². The average Bonchev–Trinajstić information content (AvgIpc) is 2.77. The number of hydrogen-bond acceptors (Lipinski definition) is 5. The van der Waals surface area contributed by atoms with Crippen LogP contribution in [0.25, 0.3) is 22.2 Å². The van der Waals surface area contributed by atoms with Gasteiger partial charge < -0.3 is 20.4 Å². The molecule has 1 aliphatic rings. The van der Waals surface area contributed by atoms with E-state index in [0.717, 1.165) is 68.2 Å². The zero-order valence-electron chi connectivity index (χ0n) is 17.5. The lowest BCUT2D eigenvalue weighted by Gasteiger charge is -2.29. The molecule has 5 heteroatoms. The summed E-state index contributed by atoms with van der Waals surface area (Å²) in [5, 5.41) is 8.22. The fraction of sp³-hybridized carbons (Fsp3) is 0.375. The Morgan fingerprint density at radius 1 is 1.03 bits per heavy atom. The van der Waals surface area contributed by atoms with Gasteiger partial charge in [-0.3, -0.25) is 0 Å². The average molecular weight is 390 g/mol. The molecule has 0 saturated carbocycles. The summed E-state index contributed by atoms with van der Waals surface area (Å²) in [7, 11) is 4.23. The maximum atomic E-state index is 4.93. The van der Waals surface area contributed by atoms with Gasteiger partial charge in [0.25, 0.3) is 0 Å². The Morgan fingerprint density at radius 2 is 1.79 bits per heavy atom. The van der Waals surface area contributed by atoms with Gasteiger partial charge in [-0.05, 0) is 51.3 Å². The van der Waals surface area contributed by atoms with Crippen molar-refractivity contribution >= 4 is 22.3 Å². The number of aromatic nitrogens is 1. The molecule has 0 radical (unpaired) electrons. The number of anilines is 2. The maximum absolute atomic E-state index is 4.93. The third-order valence-electron chi connectivity index (χ3n) is 5.46. The summed E-state index contributed by atoms with van der Waals surface area (Å²) in [6, 6.07) is 19.4. The van der Waals surface area contributed by atoms with Crippen molar-refractivity contribution in [2.45, 2.75) is 6.42 Å². The van der Waals surface area contributed by atoms with E-state index in [-0.39, 0.29) is 0 Å². The smallest absolute Gasteiger partial charge is 0.0730 e. The Bertz CT molecular complexity index is 930. The molecule has 2 aromatic carbocycles. The second-order valence-corrected chi connectivity index (χ2v) is 7.94. The van der Waals surface area contributed by atoms with Crippen molar-refractivity contribution in [2.75, 3.05) is 63.6 Å². The number of nitrogens with one attached hydrogen (secondary N) is 2. The normalized spacial score (nSPS) is 14.5. The van der Waals surface area contributed by atoms with Crippen LogP contribution in [0.3, 0.4) is 0 Å². The zero-order chi connectivity index (χ0) is 20.1. The van der Waals surface area contributed by atoms with E-state index >= 15 is 0 Å². The lowest BCUT2D eigenvalue weighted by atomic mass is 10.1. The number of nitrogens with zero attached hydrogens (tertiary/aromatic N) is 3. The van der Waals surface area contributed by atoms with Crippen LogP contribution in [0.15, 0.2) is 54.6 Å². The van der Waals surface area contributed by atoms with Crippen LogP contribution in [0.5, 0.6) is 0 Å². The van der Waals surface area contributed by atoms with Crippen LogP contribution in [0, 0.1) is 0 Å². The van der Waals surface area contributed by atoms with Gasteiger partial charge in [-0.2, -0.15) is 0 Å². The van der Waals surface area contributed by atoms with E-state index in [9.17, 15) is 0 Å². The molecule has 1 fully saturated rings. The van der Waals surface area contributed by atoms with E-state index in [1.807, 2.05) is 0 Å². The minimum atomic E-state index is 0.952. The lowest BCUT2D eigenvalue weighted by Crippen LogP contribution is -2.43. The summed E-state index contributed by atoms with van der Waals surface area (Å²) in [6.45, 7) is 6.26. The summed E-state index contributed by atoms with van der Waals surface area (Å²) >= 11 is 0. The summed E-state index contributed by atoms with van der Waals surface area (Å²) in [5.41, 5.74) is 5.66. The molecule has 152 valence electrons. The first-order chi connectivity index (χ1) is 14.2. The van der Waals surface area contributed by atoms with Crippen LogP contribution in [0.2, 0.25) is 0 Å². The van der Waals surface area contributed by atoms with Crippen molar-refractivity contribution in [3.63, 3.8) is 0 Å². The molecule has 0 aliphatic carbocycles. The molecule has 1 saturated heterocycles. The largest absolute Gasteiger partial charge is 0.384 e. The Balaban J connectivity index is 1.58. The molecule has 29 heavy (non-hydrogen) atoms. The van der Waals surface area contributed by atoms with E-state index in [4.69, 9.17) is 4.98 Å². The van der Waals surface area contributed by atoms with E-state index in [2.05, 4.69) is 89.1 Å².